The highest BCUT2D eigenvalue weighted by Crippen LogP contribution is 2.43. The van der Waals surface area contributed by atoms with Crippen molar-refractivity contribution in [2.75, 3.05) is 5.75 Å². The van der Waals surface area contributed by atoms with Gasteiger partial charge in [-0.25, -0.2) is 9.78 Å². The summed E-state index contributed by atoms with van der Waals surface area (Å²) in [7, 11) is 0. The van der Waals surface area contributed by atoms with Crippen molar-refractivity contribution in [3.8, 4) is 0 Å². The molecule has 130 valence electrons. The van der Waals surface area contributed by atoms with Crippen molar-refractivity contribution in [1.29, 1.82) is 0 Å². The molecule has 2 heterocycles. The lowest BCUT2D eigenvalue weighted by Gasteiger charge is -2.33. The molecule has 0 atom stereocenters. The van der Waals surface area contributed by atoms with E-state index in [2.05, 4.69) is 49.8 Å². The number of fused-ring (bicyclic) bond motifs is 1. The minimum absolute atomic E-state index is 0.0430. The molecule has 0 radical (unpaired) electrons. The Morgan fingerprint density at radius 3 is 2.68 bits per heavy atom. The van der Waals surface area contributed by atoms with E-state index in [0.29, 0.717) is 5.69 Å². The zero-order valence-corrected chi connectivity index (χ0v) is 15.8. The van der Waals surface area contributed by atoms with Gasteiger partial charge < -0.3 is 5.11 Å². The number of aryl methyl sites for hydroxylation is 1. The monoisotopic (exact) mass is 354 g/mol. The number of aromatic carboxylic acids is 1. The second-order valence-electron chi connectivity index (χ2n) is 7.10. The van der Waals surface area contributed by atoms with Crippen LogP contribution in [0, 0.1) is 6.92 Å². The SMILES string of the molecule is C/C(=C\c1cnc(C(=O)O)cn1)c1cc2c(cc1C)SCCC2(C)C. The molecule has 0 unspecified atom stereocenters. The van der Waals surface area contributed by atoms with Crippen molar-refractivity contribution in [1.82, 2.24) is 9.97 Å². The highest BCUT2D eigenvalue weighted by atomic mass is 32.2. The fourth-order valence-electron chi connectivity index (χ4n) is 3.13. The molecule has 5 heteroatoms. The molecule has 1 aromatic heterocycles. The van der Waals surface area contributed by atoms with E-state index in [1.807, 2.05) is 17.8 Å². The molecule has 25 heavy (non-hydrogen) atoms. The first kappa shape index (κ1) is 17.7. The summed E-state index contributed by atoms with van der Waals surface area (Å²) >= 11 is 1.94. The van der Waals surface area contributed by atoms with E-state index >= 15 is 0 Å². The van der Waals surface area contributed by atoms with Crippen LogP contribution in [0.15, 0.2) is 29.4 Å². The number of carboxylic acids is 1. The summed E-state index contributed by atoms with van der Waals surface area (Å²) in [5.41, 5.74) is 5.76. The van der Waals surface area contributed by atoms with E-state index in [0.717, 1.165) is 5.57 Å². The first-order valence-corrected chi connectivity index (χ1v) is 9.28. The molecule has 4 nitrogen and oxygen atoms in total. The van der Waals surface area contributed by atoms with E-state index in [1.165, 1.54) is 46.2 Å². The molecule has 3 rings (SSSR count). The standard InChI is InChI=1S/C20H22N2O2S/c1-12(7-14-10-22-17(11-21-14)19(23)24)15-9-16-18(8-13(15)2)25-6-5-20(16,3)4/h7-11H,5-6H2,1-4H3,(H,23,24)/b12-7+. The molecule has 1 aliphatic rings. The van der Waals surface area contributed by atoms with Gasteiger partial charge in [0.15, 0.2) is 5.69 Å². The zero-order chi connectivity index (χ0) is 18.2. The lowest BCUT2D eigenvalue weighted by atomic mass is 9.80. The molecule has 0 bridgehead atoms. The number of rotatable bonds is 3. The Labute approximate surface area is 152 Å². The van der Waals surface area contributed by atoms with Crippen molar-refractivity contribution < 1.29 is 9.90 Å². The number of nitrogens with zero attached hydrogens (tertiary/aromatic N) is 2. The Morgan fingerprint density at radius 2 is 2.04 bits per heavy atom. The maximum Gasteiger partial charge on any atom is 0.356 e. The molecule has 0 aliphatic carbocycles. The van der Waals surface area contributed by atoms with Gasteiger partial charge >= 0.3 is 5.97 Å². The second kappa shape index (κ2) is 6.64. The molecule has 0 fully saturated rings. The van der Waals surface area contributed by atoms with Gasteiger partial charge in [0.1, 0.15) is 0 Å². The topological polar surface area (TPSA) is 63.1 Å². The number of hydrogen-bond acceptors (Lipinski definition) is 4. The molecule has 1 N–H and O–H groups in total. The van der Waals surface area contributed by atoms with Gasteiger partial charge in [-0.3, -0.25) is 4.98 Å². The normalized spacial score (nSPS) is 16.4. The number of benzene rings is 1. The van der Waals surface area contributed by atoms with Crippen molar-refractivity contribution >= 4 is 29.4 Å². The van der Waals surface area contributed by atoms with Crippen LogP contribution >= 0.6 is 11.8 Å². The predicted molar refractivity (Wildman–Crippen MR) is 102 cm³/mol. The van der Waals surface area contributed by atoms with Crippen LogP contribution in [0.25, 0.3) is 11.6 Å². The lowest BCUT2D eigenvalue weighted by molar-refractivity contribution is 0.0690. The Bertz CT molecular complexity index is 855. The van der Waals surface area contributed by atoms with Crippen molar-refractivity contribution in [3.63, 3.8) is 0 Å². The second-order valence-corrected chi connectivity index (χ2v) is 8.24. The molecule has 1 aliphatic heterocycles. The van der Waals surface area contributed by atoms with Crippen LogP contribution in [0.4, 0.5) is 0 Å². The fourth-order valence-corrected chi connectivity index (χ4v) is 4.71. The van der Waals surface area contributed by atoms with Gasteiger partial charge in [-0.15, -0.1) is 11.8 Å². The molecule has 0 saturated carbocycles. The fraction of sp³-hybridized carbons (Fsp3) is 0.350. The van der Waals surface area contributed by atoms with Gasteiger partial charge in [0, 0.05) is 4.90 Å². The maximum absolute atomic E-state index is 10.9. The van der Waals surface area contributed by atoms with E-state index < -0.39 is 5.97 Å². The van der Waals surface area contributed by atoms with Crippen LogP contribution in [0.2, 0.25) is 0 Å². The van der Waals surface area contributed by atoms with Gasteiger partial charge in [-0.2, -0.15) is 0 Å². The zero-order valence-electron chi connectivity index (χ0n) is 15.0. The predicted octanol–water partition coefficient (Wildman–Crippen LogP) is 4.82. The van der Waals surface area contributed by atoms with Gasteiger partial charge in [-0.05, 0) is 71.9 Å². The third-order valence-corrected chi connectivity index (χ3v) is 5.78. The summed E-state index contributed by atoms with van der Waals surface area (Å²) in [5.74, 6) is 0.101. The van der Waals surface area contributed by atoms with Crippen molar-refractivity contribution in [3.05, 3.63) is 52.6 Å². The van der Waals surface area contributed by atoms with E-state index in [-0.39, 0.29) is 11.1 Å². The third-order valence-electron chi connectivity index (χ3n) is 4.72. The largest absolute Gasteiger partial charge is 0.476 e. The van der Waals surface area contributed by atoms with Gasteiger partial charge in [0.25, 0.3) is 0 Å². The molecule has 0 spiro atoms. The lowest BCUT2D eigenvalue weighted by Crippen LogP contribution is -2.23. The molecular weight excluding hydrogens is 332 g/mol. The van der Waals surface area contributed by atoms with Gasteiger partial charge in [-0.1, -0.05) is 13.8 Å². The number of allylic oxidation sites excluding steroid dienone is 1. The summed E-state index contributed by atoms with van der Waals surface area (Å²) in [6.45, 7) is 8.80. The van der Waals surface area contributed by atoms with E-state index in [4.69, 9.17) is 5.11 Å². The number of carbonyl (C=O) groups is 1. The molecule has 0 amide bonds. The van der Waals surface area contributed by atoms with Gasteiger partial charge in [0.2, 0.25) is 0 Å². The first-order valence-electron chi connectivity index (χ1n) is 8.30. The minimum atomic E-state index is -1.06. The number of thioether (sulfide) groups is 1. The minimum Gasteiger partial charge on any atom is -0.476 e. The van der Waals surface area contributed by atoms with Crippen LogP contribution in [-0.4, -0.2) is 26.8 Å². The average molecular weight is 354 g/mol. The van der Waals surface area contributed by atoms with Crippen LogP contribution in [0.1, 0.15) is 60.1 Å². The molecular formula is C20H22N2O2S. The summed E-state index contributed by atoms with van der Waals surface area (Å²) in [5, 5.41) is 8.91. The summed E-state index contributed by atoms with van der Waals surface area (Å²) in [6.07, 6.45) is 5.93. The Balaban J connectivity index is 1.99. The van der Waals surface area contributed by atoms with Crippen LogP contribution < -0.4 is 0 Å². The molecule has 1 aromatic carbocycles. The maximum atomic E-state index is 10.9. The molecule has 0 saturated heterocycles. The number of hydrogen-bond donors (Lipinski definition) is 1. The first-order chi connectivity index (χ1) is 11.8. The van der Waals surface area contributed by atoms with Crippen LogP contribution in [-0.2, 0) is 5.41 Å². The number of aromatic nitrogens is 2. The van der Waals surface area contributed by atoms with E-state index in [1.54, 1.807) is 0 Å². The Hall–Kier alpha value is -2.14. The molecule has 2 aromatic rings. The Morgan fingerprint density at radius 1 is 1.28 bits per heavy atom. The number of carboxylic acid groups (broad SMARTS) is 1. The van der Waals surface area contributed by atoms with E-state index in [9.17, 15) is 4.79 Å². The average Bonchev–Trinajstić information content (AvgIpc) is 2.54. The van der Waals surface area contributed by atoms with Crippen molar-refractivity contribution in [2.45, 2.75) is 44.4 Å². The van der Waals surface area contributed by atoms with Crippen LogP contribution in [0.5, 0.6) is 0 Å². The highest BCUT2D eigenvalue weighted by Gasteiger charge is 2.28. The summed E-state index contributed by atoms with van der Waals surface area (Å²) in [4.78, 5) is 20.4. The summed E-state index contributed by atoms with van der Waals surface area (Å²) in [6, 6.07) is 4.59. The highest BCUT2D eigenvalue weighted by molar-refractivity contribution is 7.99. The third kappa shape index (κ3) is 3.61. The van der Waals surface area contributed by atoms with Gasteiger partial charge in [0.05, 0.1) is 18.1 Å². The van der Waals surface area contributed by atoms with Crippen LogP contribution in [0.3, 0.4) is 0 Å². The Kier molecular flexibility index (Phi) is 4.69. The van der Waals surface area contributed by atoms with Crippen molar-refractivity contribution in [2.24, 2.45) is 0 Å². The quantitative estimate of drug-likeness (QED) is 0.856. The smallest absolute Gasteiger partial charge is 0.356 e. The summed E-state index contributed by atoms with van der Waals surface area (Å²) < 4.78 is 0.